The third-order valence-corrected chi connectivity index (χ3v) is 4.14. The van der Waals surface area contributed by atoms with Crippen molar-refractivity contribution in [3.05, 3.63) is 89.1 Å². The van der Waals surface area contributed by atoms with Crippen LogP contribution in [0.5, 0.6) is 0 Å². The van der Waals surface area contributed by atoms with Gasteiger partial charge < -0.3 is 4.74 Å². The second-order valence-electron chi connectivity index (χ2n) is 5.71. The molecule has 26 heavy (non-hydrogen) atoms. The van der Waals surface area contributed by atoms with Crippen molar-refractivity contribution in [2.24, 2.45) is 0 Å². The van der Waals surface area contributed by atoms with Gasteiger partial charge in [-0.15, -0.1) is 10.2 Å². The Labute approximate surface area is 157 Å². The van der Waals surface area contributed by atoms with Crippen LogP contribution in [0.1, 0.15) is 24.1 Å². The molecule has 1 amide bonds. The van der Waals surface area contributed by atoms with Crippen LogP contribution in [0.3, 0.4) is 0 Å². The molecule has 0 saturated heterocycles. The van der Waals surface area contributed by atoms with Crippen molar-refractivity contribution < 1.29 is 9.53 Å². The van der Waals surface area contributed by atoms with E-state index in [4.69, 9.17) is 16.3 Å². The van der Waals surface area contributed by atoms with Gasteiger partial charge in [-0.1, -0.05) is 72.3 Å². The minimum atomic E-state index is -0.498. The number of halogens is 1. The minimum absolute atomic E-state index is 0.179. The van der Waals surface area contributed by atoms with Gasteiger partial charge >= 0.3 is 6.09 Å². The van der Waals surface area contributed by atoms with E-state index < -0.39 is 6.09 Å². The summed E-state index contributed by atoms with van der Waals surface area (Å²) in [5, 5.41) is 8.15. The summed E-state index contributed by atoms with van der Waals surface area (Å²) in [6.45, 7) is 2.09. The zero-order valence-corrected chi connectivity index (χ0v) is 15.0. The van der Waals surface area contributed by atoms with Crippen LogP contribution in [0.4, 0.5) is 10.6 Å². The highest BCUT2D eigenvalue weighted by Gasteiger charge is 2.26. The Hall–Kier alpha value is -2.92. The number of aromatic nitrogens is 2. The number of amides is 1. The summed E-state index contributed by atoms with van der Waals surface area (Å²) < 4.78 is 5.50. The number of anilines is 1. The molecule has 0 spiro atoms. The smallest absolute Gasteiger partial charge is 0.416 e. The van der Waals surface area contributed by atoms with E-state index in [1.807, 2.05) is 67.6 Å². The minimum Gasteiger partial charge on any atom is -0.444 e. The van der Waals surface area contributed by atoms with Crippen molar-refractivity contribution in [3.8, 4) is 0 Å². The number of benzene rings is 2. The summed E-state index contributed by atoms with van der Waals surface area (Å²) >= 11 is 5.83. The zero-order valence-electron chi connectivity index (χ0n) is 14.2. The molecule has 0 bridgehead atoms. The SMILES string of the molecule is CC(c1ccccc1)N(C(=O)OCc1ccccc1)c1ccc(Cl)nn1. The van der Waals surface area contributed by atoms with Gasteiger partial charge in [0, 0.05) is 0 Å². The van der Waals surface area contributed by atoms with Crippen molar-refractivity contribution in [2.75, 3.05) is 4.90 Å². The van der Waals surface area contributed by atoms with E-state index in [9.17, 15) is 4.79 Å². The molecule has 0 N–H and O–H groups in total. The molecule has 2 aromatic carbocycles. The van der Waals surface area contributed by atoms with Crippen LogP contribution in [0.25, 0.3) is 0 Å². The molecule has 0 saturated carbocycles. The van der Waals surface area contributed by atoms with Crippen LogP contribution in [-0.2, 0) is 11.3 Å². The van der Waals surface area contributed by atoms with E-state index in [1.54, 1.807) is 12.1 Å². The van der Waals surface area contributed by atoms with Crippen LogP contribution < -0.4 is 4.90 Å². The van der Waals surface area contributed by atoms with Crippen molar-refractivity contribution in [2.45, 2.75) is 19.6 Å². The first-order valence-electron chi connectivity index (χ1n) is 8.19. The third-order valence-electron chi connectivity index (χ3n) is 3.94. The quantitative estimate of drug-likeness (QED) is 0.634. The van der Waals surface area contributed by atoms with Gasteiger partial charge in [-0.25, -0.2) is 4.79 Å². The molecule has 0 aliphatic heterocycles. The molecule has 3 aromatic rings. The number of carbonyl (C=O) groups is 1. The fourth-order valence-electron chi connectivity index (χ4n) is 2.56. The zero-order chi connectivity index (χ0) is 18.4. The standard InChI is InChI=1S/C20H18ClN3O2/c1-15(17-10-6-3-7-11-17)24(19-13-12-18(21)22-23-19)20(25)26-14-16-8-4-2-5-9-16/h2-13,15H,14H2,1H3. The molecule has 1 heterocycles. The highest BCUT2D eigenvalue weighted by Crippen LogP contribution is 2.26. The molecule has 1 aromatic heterocycles. The molecule has 0 aliphatic carbocycles. The lowest BCUT2D eigenvalue weighted by Crippen LogP contribution is -2.35. The first kappa shape index (κ1) is 17.9. The molecular weight excluding hydrogens is 350 g/mol. The summed E-state index contributed by atoms with van der Waals surface area (Å²) in [5.41, 5.74) is 1.87. The van der Waals surface area contributed by atoms with Crippen LogP contribution in [-0.4, -0.2) is 16.3 Å². The molecule has 0 fully saturated rings. The van der Waals surface area contributed by atoms with Crippen LogP contribution in [0.15, 0.2) is 72.8 Å². The Morgan fingerprint density at radius 1 is 1.00 bits per heavy atom. The van der Waals surface area contributed by atoms with Crippen molar-refractivity contribution >= 4 is 23.5 Å². The Balaban J connectivity index is 1.84. The van der Waals surface area contributed by atoms with Crippen molar-refractivity contribution in [1.82, 2.24) is 10.2 Å². The lowest BCUT2D eigenvalue weighted by molar-refractivity contribution is 0.144. The van der Waals surface area contributed by atoms with E-state index in [2.05, 4.69) is 10.2 Å². The number of carbonyl (C=O) groups excluding carboxylic acids is 1. The number of nitrogens with zero attached hydrogens (tertiary/aromatic N) is 3. The van der Waals surface area contributed by atoms with E-state index in [0.717, 1.165) is 11.1 Å². The molecule has 3 rings (SSSR count). The average molecular weight is 368 g/mol. The van der Waals surface area contributed by atoms with E-state index in [0.29, 0.717) is 5.82 Å². The average Bonchev–Trinajstić information content (AvgIpc) is 2.69. The predicted octanol–water partition coefficient (Wildman–Crippen LogP) is 5.03. The molecule has 5 nitrogen and oxygen atoms in total. The molecule has 0 radical (unpaired) electrons. The topological polar surface area (TPSA) is 55.3 Å². The summed E-state index contributed by atoms with van der Waals surface area (Å²) in [7, 11) is 0. The normalized spacial score (nSPS) is 11.6. The monoisotopic (exact) mass is 367 g/mol. The van der Waals surface area contributed by atoms with Crippen molar-refractivity contribution in [1.29, 1.82) is 0 Å². The van der Waals surface area contributed by atoms with E-state index in [1.165, 1.54) is 4.90 Å². The third kappa shape index (κ3) is 4.37. The molecule has 6 heteroatoms. The Morgan fingerprint density at radius 3 is 2.27 bits per heavy atom. The van der Waals surface area contributed by atoms with Gasteiger partial charge in [-0.3, -0.25) is 4.90 Å². The molecule has 0 aliphatic rings. The Bertz CT molecular complexity index is 842. The molecular formula is C20H18ClN3O2. The van der Waals surface area contributed by atoms with Crippen LogP contribution >= 0.6 is 11.6 Å². The Kier molecular flexibility index (Phi) is 5.81. The van der Waals surface area contributed by atoms with Crippen LogP contribution in [0.2, 0.25) is 5.15 Å². The first-order chi connectivity index (χ1) is 12.6. The maximum Gasteiger partial charge on any atom is 0.416 e. The van der Waals surface area contributed by atoms with E-state index in [-0.39, 0.29) is 17.8 Å². The molecule has 1 unspecified atom stereocenters. The number of rotatable bonds is 5. The largest absolute Gasteiger partial charge is 0.444 e. The molecule has 1 atom stereocenters. The second kappa shape index (κ2) is 8.45. The number of hydrogen-bond acceptors (Lipinski definition) is 4. The summed E-state index contributed by atoms with van der Waals surface area (Å²) in [4.78, 5) is 14.3. The predicted molar refractivity (Wildman–Crippen MR) is 101 cm³/mol. The maximum atomic E-state index is 12.8. The second-order valence-corrected chi connectivity index (χ2v) is 6.10. The number of hydrogen-bond donors (Lipinski definition) is 0. The lowest BCUT2D eigenvalue weighted by Gasteiger charge is -2.27. The van der Waals surface area contributed by atoms with Gasteiger partial charge in [0.15, 0.2) is 11.0 Å². The fraction of sp³-hybridized carbons (Fsp3) is 0.150. The van der Waals surface area contributed by atoms with E-state index >= 15 is 0 Å². The van der Waals surface area contributed by atoms with Crippen molar-refractivity contribution in [3.63, 3.8) is 0 Å². The highest BCUT2D eigenvalue weighted by atomic mass is 35.5. The maximum absolute atomic E-state index is 12.8. The Morgan fingerprint density at radius 2 is 1.65 bits per heavy atom. The van der Waals surface area contributed by atoms with Gasteiger partial charge in [0.1, 0.15) is 6.61 Å². The van der Waals surface area contributed by atoms with Gasteiger partial charge in [0.05, 0.1) is 6.04 Å². The lowest BCUT2D eigenvalue weighted by atomic mass is 10.1. The number of ether oxygens (including phenoxy) is 1. The fourth-order valence-corrected chi connectivity index (χ4v) is 2.66. The van der Waals surface area contributed by atoms with Gasteiger partial charge in [-0.05, 0) is 30.2 Å². The molecule has 132 valence electrons. The first-order valence-corrected chi connectivity index (χ1v) is 8.57. The summed E-state index contributed by atoms with van der Waals surface area (Å²) in [6.07, 6.45) is -0.498. The summed E-state index contributed by atoms with van der Waals surface area (Å²) in [5.74, 6) is 0.379. The highest BCUT2D eigenvalue weighted by molar-refractivity contribution is 6.29. The van der Waals surface area contributed by atoms with Gasteiger partial charge in [-0.2, -0.15) is 0 Å². The van der Waals surface area contributed by atoms with Gasteiger partial charge in [0.25, 0.3) is 0 Å². The van der Waals surface area contributed by atoms with Gasteiger partial charge in [0.2, 0.25) is 0 Å². The van der Waals surface area contributed by atoms with Crippen LogP contribution in [0, 0.1) is 0 Å². The summed E-state index contributed by atoms with van der Waals surface area (Å²) in [6, 6.07) is 22.2.